The van der Waals surface area contributed by atoms with Crippen molar-refractivity contribution in [3.63, 3.8) is 0 Å². The van der Waals surface area contributed by atoms with E-state index in [2.05, 4.69) is 5.32 Å². The van der Waals surface area contributed by atoms with Crippen molar-refractivity contribution in [3.05, 3.63) is 58.6 Å². The molecule has 0 unspecified atom stereocenters. The Labute approximate surface area is 194 Å². The van der Waals surface area contributed by atoms with E-state index in [0.717, 1.165) is 12.1 Å². The van der Waals surface area contributed by atoms with Crippen LogP contribution in [-0.2, 0) is 15.8 Å². The lowest BCUT2D eigenvalue weighted by molar-refractivity contribution is -0.137. The molecule has 33 heavy (non-hydrogen) atoms. The van der Waals surface area contributed by atoms with Gasteiger partial charge in [0.2, 0.25) is 11.8 Å². The third kappa shape index (κ3) is 7.15. The van der Waals surface area contributed by atoms with Crippen molar-refractivity contribution in [2.75, 3.05) is 32.1 Å². The van der Waals surface area contributed by atoms with Crippen LogP contribution >= 0.6 is 11.6 Å². The molecule has 2 aromatic carbocycles. The topological polar surface area (TPSA) is 67.9 Å². The molecule has 178 valence electrons. The first-order valence-corrected chi connectivity index (χ1v) is 10.4. The number of para-hydroxylation sites is 1. The zero-order valence-corrected chi connectivity index (χ0v) is 19.1. The first-order chi connectivity index (χ1) is 15.6. The molecule has 0 spiro atoms. The largest absolute Gasteiger partial charge is 0.493 e. The molecule has 0 bridgehead atoms. The van der Waals surface area contributed by atoms with Crippen LogP contribution in [0.25, 0.3) is 6.08 Å². The lowest BCUT2D eigenvalue weighted by atomic mass is 10.1. The quantitative estimate of drug-likeness (QED) is 0.493. The summed E-state index contributed by atoms with van der Waals surface area (Å²) in [6, 6.07) is 7.87. The van der Waals surface area contributed by atoms with Crippen LogP contribution in [0.2, 0.25) is 5.02 Å². The molecule has 0 fully saturated rings. The Morgan fingerprint density at radius 1 is 1.18 bits per heavy atom. The van der Waals surface area contributed by atoms with Crippen LogP contribution < -0.4 is 14.8 Å². The van der Waals surface area contributed by atoms with Gasteiger partial charge in [-0.05, 0) is 49.8 Å². The molecule has 1 N–H and O–H groups in total. The SMILES string of the molecule is CCOc1c(Cl)cc(/C=C/C(=O)N(CC)CC(=O)Nc2ccccc2C(F)(F)F)cc1OC. The minimum absolute atomic E-state index is 0.171. The van der Waals surface area contributed by atoms with Crippen molar-refractivity contribution < 1.29 is 32.2 Å². The van der Waals surface area contributed by atoms with E-state index in [1.54, 1.807) is 26.0 Å². The number of carbonyl (C=O) groups is 2. The zero-order chi connectivity index (χ0) is 24.6. The molecule has 0 aliphatic carbocycles. The van der Waals surface area contributed by atoms with Crippen LogP contribution in [0.5, 0.6) is 11.5 Å². The fourth-order valence-electron chi connectivity index (χ4n) is 2.94. The van der Waals surface area contributed by atoms with E-state index in [1.807, 2.05) is 0 Å². The Morgan fingerprint density at radius 2 is 1.88 bits per heavy atom. The van der Waals surface area contributed by atoms with Gasteiger partial charge in [0.25, 0.3) is 0 Å². The minimum Gasteiger partial charge on any atom is -0.493 e. The van der Waals surface area contributed by atoms with Gasteiger partial charge in [-0.25, -0.2) is 0 Å². The first-order valence-electron chi connectivity index (χ1n) is 10.0. The predicted molar refractivity (Wildman–Crippen MR) is 121 cm³/mol. The maximum Gasteiger partial charge on any atom is 0.418 e. The van der Waals surface area contributed by atoms with E-state index in [9.17, 15) is 22.8 Å². The van der Waals surface area contributed by atoms with Gasteiger partial charge in [-0.2, -0.15) is 13.2 Å². The summed E-state index contributed by atoms with van der Waals surface area (Å²) in [7, 11) is 1.46. The number of nitrogens with zero attached hydrogens (tertiary/aromatic N) is 1. The van der Waals surface area contributed by atoms with E-state index in [0.29, 0.717) is 28.7 Å². The molecule has 2 amide bonds. The number of nitrogens with one attached hydrogen (secondary N) is 1. The number of ether oxygens (including phenoxy) is 2. The highest BCUT2D eigenvalue weighted by molar-refractivity contribution is 6.32. The second-order valence-corrected chi connectivity index (χ2v) is 7.15. The number of alkyl halides is 3. The standard InChI is InChI=1S/C23H24ClF3N2O4/c1-4-29(14-20(30)28-18-9-7-6-8-16(18)23(25,26)27)21(31)11-10-15-12-17(24)22(33-5-2)19(13-15)32-3/h6-13H,4-5,14H2,1-3H3,(H,28,30)/b11-10+. The molecule has 0 heterocycles. The van der Waals surface area contributed by atoms with Crippen molar-refractivity contribution >= 4 is 35.2 Å². The number of anilines is 1. The van der Waals surface area contributed by atoms with Gasteiger partial charge in [-0.15, -0.1) is 0 Å². The summed E-state index contributed by atoms with van der Waals surface area (Å²) in [5.41, 5.74) is -0.771. The Hall–Kier alpha value is -3.20. The Kier molecular flexibility index (Phi) is 9.16. The summed E-state index contributed by atoms with van der Waals surface area (Å²) in [6.07, 6.45) is -1.88. The molecule has 6 nitrogen and oxygen atoms in total. The van der Waals surface area contributed by atoms with Crippen molar-refractivity contribution in [1.82, 2.24) is 4.90 Å². The number of carbonyl (C=O) groups excluding carboxylic acids is 2. The number of rotatable bonds is 9. The van der Waals surface area contributed by atoms with Gasteiger partial charge >= 0.3 is 6.18 Å². The van der Waals surface area contributed by atoms with Gasteiger partial charge in [-0.3, -0.25) is 9.59 Å². The lowest BCUT2D eigenvalue weighted by Crippen LogP contribution is -2.37. The molecule has 0 saturated carbocycles. The Balaban J connectivity index is 2.11. The zero-order valence-electron chi connectivity index (χ0n) is 18.3. The summed E-state index contributed by atoms with van der Waals surface area (Å²) in [5.74, 6) is -0.468. The van der Waals surface area contributed by atoms with Gasteiger partial charge in [0.15, 0.2) is 11.5 Å². The van der Waals surface area contributed by atoms with Crippen LogP contribution in [0.15, 0.2) is 42.5 Å². The highest BCUT2D eigenvalue weighted by Gasteiger charge is 2.33. The summed E-state index contributed by atoms with van der Waals surface area (Å²) in [4.78, 5) is 26.1. The number of benzene rings is 2. The van der Waals surface area contributed by atoms with Gasteiger partial charge < -0.3 is 19.7 Å². The highest BCUT2D eigenvalue weighted by atomic mass is 35.5. The lowest BCUT2D eigenvalue weighted by Gasteiger charge is -2.20. The van der Waals surface area contributed by atoms with Crippen molar-refractivity contribution in [2.45, 2.75) is 20.0 Å². The average Bonchev–Trinajstić information content (AvgIpc) is 2.76. The number of hydrogen-bond donors (Lipinski definition) is 1. The van der Waals surface area contributed by atoms with Crippen molar-refractivity contribution in [1.29, 1.82) is 0 Å². The molecule has 2 aromatic rings. The number of hydrogen-bond acceptors (Lipinski definition) is 4. The van der Waals surface area contributed by atoms with E-state index >= 15 is 0 Å². The molecular formula is C23H24ClF3N2O4. The molecule has 0 aromatic heterocycles. The second-order valence-electron chi connectivity index (χ2n) is 6.74. The fraction of sp³-hybridized carbons (Fsp3) is 0.304. The van der Waals surface area contributed by atoms with E-state index < -0.39 is 30.1 Å². The summed E-state index contributed by atoms with van der Waals surface area (Å²) < 4.78 is 50.1. The van der Waals surface area contributed by atoms with Crippen LogP contribution in [0.4, 0.5) is 18.9 Å². The maximum atomic E-state index is 13.1. The number of methoxy groups -OCH3 is 1. The Bertz CT molecular complexity index is 1030. The van der Waals surface area contributed by atoms with Gasteiger partial charge in [0, 0.05) is 12.6 Å². The molecule has 0 atom stereocenters. The summed E-state index contributed by atoms with van der Waals surface area (Å²) in [6.45, 7) is 3.60. The van der Waals surface area contributed by atoms with E-state index in [1.165, 1.54) is 36.3 Å². The third-order valence-electron chi connectivity index (χ3n) is 4.49. The highest BCUT2D eigenvalue weighted by Crippen LogP contribution is 2.37. The monoisotopic (exact) mass is 484 g/mol. The molecule has 0 radical (unpaired) electrons. The molecule has 0 aliphatic heterocycles. The molecular weight excluding hydrogens is 461 g/mol. The summed E-state index contributed by atoms with van der Waals surface area (Å²) in [5, 5.41) is 2.53. The minimum atomic E-state index is -4.62. The van der Waals surface area contributed by atoms with Crippen LogP contribution in [0.1, 0.15) is 25.0 Å². The van der Waals surface area contributed by atoms with E-state index in [-0.39, 0.29) is 12.2 Å². The molecule has 10 heteroatoms. The second kappa shape index (κ2) is 11.6. The Morgan fingerprint density at radius 3 is 2.48 bits per heavy atom. The van der Waals surface area contributed by atoms with Gasteiger partial charge in [0.05, 0.1) is 30.0 Å². The molecule has 0 saturated heterocycles. The van der Waals surface area contributed by atoms with Crippen molar-refractivity contribution in [2.24, 2.45) is 0 Å². The first kappa shape index (κ1) is 26.1. The third-order valence-corrected chi connectivity index (χ3v) is 4.77. The number of amides is 2. The fourth-order valence-corrected chi connectivity index (χ4v) is 3.21. The van der Waals surface area contributed by atoms with Gasteiger partial charge in [-0.1, -0.05) is 23.7 Å². The maximum absolute atomic E-state index is 13.1. The summed E-state index contributed by atoms with van der Waals surface area (Å²) >= 11 is 6.22. The predicted octanol–water partition coefficient (Wildman–Crippen LogP) is 5.27. The van der Waals surface area contributed by atoms with E-state index in [4.69, 9.17) is 21.1 Å². The van der Waals surface area contributed by atoms with Crippen LogP contribution in [-0.4, -0.2) is 43.5 Å². The molecule has 2 rings (SSSR count). The van der Waals surface area contributed by atoms with Crippen molar-refractivity contribution in [3.8, 4) is 11.5 Å². The normalized spacial score (nSPS) is 11.4. The smallest absolute Gasteiger partial charge is 0.418 e. The number of halogens is 4. The number of likely N-dealkylation sites (N-methyl/N-ethyl adjacent to an activating group) is 1. The van der Waals surface area contributed by atoms with Crippen LogP contribution in [0.3, 0.4) is 0 Å². The average molecular weight is 485 g/mol. The van der Waals surface area contributed by atoms with Gasteiger partial charge in [0.1, 0.15) is 6.54 Å². The van der Waals surface area contributed by atoms with Crippen LogP contribution in [0, 0.1) is 0 Å². The molecule has 0 aliphatic rings.